The topological polar surface area (TPSA) is 71.0 Å². The zero-order chi connectivity index (χ0) is 19.8. The third-order valence-corrected chi connectivity index (χ3v) is 5.06. The van der Waals surface area contributed by atoms with Crippen LogP contribution in [-0.4, -0.2) is 68.0 Å². The van der Waals surface area contributed by atoms with Gasteiger partial charge in [-0.15, -0.1) is 0 Å². The van der Waals surface area contributed by atoms with Gasteiger partial charge >= 0.3 is 0 Å². The van der Waals surface area contributed by atoms with Gasteiger partial charge in [-0.05, 0) is 38.0 Å². The van der Waals surface area contributed by atoms with Gasteiger partial charge < -0.3 is 24.8 Å². The molecule has 1 saturated heterocycles. The summed E-state index contributed by atoms with van der Waals surface area (Å²) in [5, 5.41) is 13.3. The van der Waals surface area contributed by atoms with Crippen LogP contribution in [-0.2, 0) is 11.2 Å². The van der Waals surface area contributed by atoms with E-state index < -0.39 is 6.10 Å². The molecule has 27 heavy (non-hydrogen) atoms. The Morgan fingerprint density at radius 3 is 2.70 bits per heavy atom. The van der Waals surface area contributed by atoms with E-state index >= 15 is 0 Å². The van der Waals surface area contributed by atoms with Crippen molar-refractivity contribution in [3.63, 3.8) is 0 Å². The summed E-state index contributed by atoms with van der Waals surface area (Å²) in [6.45, 7) is 9.18. The lowest BCUT2D eigenvalue weighted by molar-refractivity contribution is 0.0598. The van der Waals surface area contributed by atoms with E-state index in [1.807, 2.05) is 36.9 Å². The van der Waals surface area contributed by atoms with Gasteiger partial charge in [-0.25, -0.2) is 0 Å². The number of nitrogens with zero attached hydrogens (tertiary/aromatic N) is 1. The Morgan fingerprint density at radius 1 is 1.33 bits per heavy atom. The van der Waals surface area contributed by atoms with Crippen LogP contribution in [0.5, 0.6) is 5.75 Å². The van der Waals surface area contributed by atoms with Gasteiger partial charge in [0.2, 0.25) is 0 Å². The lowest BCUT2D eigenvalue weighted by atomic mass is 10.0. The summed E-state index contributed by atoms with van der Waals surface area (Å²) >= 11 is 0. The maximum atomic E-state index is 13.2. The minimum Gasteiger partial charge on any atom is -0.493 e. The van der Waals surface area contributed by atoms with E-state index in [4.69, 9.17) is 9.47 Å². The highest BCUT2D eigenvalue weighted by Gasteiger charge is 2.30. The summed E-state index contributed by atoms with van der Waals surface area (Å²) in [6.07, 6.45) is 1.26. The molecule has 0 aromatic heterocycles. The molecule has 1 heterocycles. The van der Waals surface area contributed by atoms with E-state index in [0.717, 1.165) is 30.7 Å². The molecule has 0 aliphatic carbocycles. The van der Waals surface area contributed by atoms with Gasteiger partial charge in [0.25, 0.3) is 5.91 Å². The number of hydrogen-bond acceptors (Lipinski definition) is 5. The van der Waals surface area contributed by atoms with Gasteiger partial charge in [0, 0.05) is 57.3 Å². The maximum absolute atomic E-state index is 13.2. The number of hydrogen-bond donors (Lipinski definition) is 2. The van der Waals surface area contributed by atoms with E-state index in [1.54, 1.807) is 7.11 Å². The second-order valence-electron chi connectivity index (χ2n) is 7.41. The molecule has 1 fully saturated rings. The average molecular weight is 379 g/mol. The molecule has 0 saturated carbocycles. The highest BCUT2D eigenvalue weighted by atomic mass is 16.5. The molecule has 2 unspecified atom stereocenters. The zero-order valence-corrected chi connectivity index (χ0v) is 17.0. The van der Waals surface area contributed by atoms with E-state index in [0.29, 0.717) is 31.9 Å². The Labute approximate surface area is 162 Å². The number of aliphatic hydroxyl groups is 1. The van der Waals surface area contributed by atoms with Gasteiger partial charge in [0.05, 0.1) is 12.7 Å². The maximum Gasteiger partial charge on any atom is 0.254 e. The molecule has 2 N–H and O–H groups in total. The lowest BCUT2D eigenvalue weighted by Gasteiger charge is -2.30. The smallest absolute Gasteiger partial charge is 0.254 e. The van der Waals surface area contributed by atoms with E-state index in [1.165, 1.54) is 0 Å². The van der Waals surface area contributed by atoms with E-state index in [9.17, 15) is 9.90 Å². The number of aryl methyl sites for hydroxylation is 1. The number of aliphatic hydroxyl groups excluding tert-OH is 1. The Hall–Kier alpha value is -1.63. The molecule has 2 rings (SSSR count). The summed E-state index contributed by atoms with van der Waals surface area (Å²) < 4.78 is 11.0. The minimum atomic E-state index is -0.402. The quantitative estimate of drug-likeness (QED) is 0.610. The highest BCUT2D eigenvalue weighted by Crippen LogP contribution is 2.24. The van der Waals surface area contributed by atoms with Gasteiger partial charge in [-0.1, -0.05) is 13.0 Å². The Bertz CT molecular complexity index is 606. The fraction of sp³-hybridized carbons (Fsp3) is 0.667. The molecular weight excluding hydrogens is 344 g/mol. The van der Waals surface area contributed by atoms with Crippen LogP contribution >= 0.6 is 0 Å². The molecule has 1 amide bonds. The van der Waals surface area contributed by atoms with Crippen molar-refractivity contribution in [2.24, 2.45) is 5.92 Å². The largest absolute Gasteiger partial charge is 0.493 e. The number of methoxy groups -OCH3 is 1. The fourth-order valence-corrected chi connectivity index (χ4v) is 3.35. The van der Waals surface area contributed by atoms with Crippen LogP contribution in [0.3, 0.4) is 0 Å². The number of carbonyl (C=O) groups is 1. The van der Waals surface area contributed by atoms with Crippen molar-refractivity contribution < 1.29 is 19.4 Å². The molecule has 0 bridgehead atoms. The summed E-state index contributed by atoms with van der Waals surface area (Å²) in [7, 11) is 1.67. The van der Waals surface area contributed by atoms with Crippen molar-refractivity contribution in [1.82, 2.24) is 10.2 Å². The number of carbonyl (C=O) groups excluding carboxylic acids is 1. The van der Waals surface area contributed by atoms with Crippen LogP contribution in [0.15, 0.2) is 18.2 Å². The van der Waals surface area contributed by atoms with Crippen molar-refractivity contribution >= 4 is 5.91 Å². The molecule has 2 atom stereocenters. The van der Waals surface area contributed by atoms with E-state index in [2.05, 4.69) is 12.2 Å². The lowest BCUT2D eigenvalue weighted by Crippen LogP contribution is -2.43. The van der Waals surface area contributed by atoms with Crippen LogP contribution in [0.4, 0.5) is 0 Å². The van der Waals surface area contributed by atoms with Crippen LogP contribution in [0.1, 0.15) is 43.1 Å². The third kappa shape index (κ3) is 5.92. The normalized spacial score (nSPS) is 19.5. The molecule has 152 valence electrons. The first-order chi connectivity index (χ1) is 13.0. The highest BCUT2D eigenvalue weighted by molar-refractivity contribution is 5.95. The second kappa shape index (κ2) is 10.6. The predicted molar refractivity (Wildman–Crippen MR) is 106 cm³/mol. The molecule has 1 aromatic carbocycles. The van der Waals surface area contributed by atoms with Gasteiger partial charge in [-0.2, -0.15) is 0 Å². The van der Waals surface area contributed by atoms with Crippen molar-refractivity contribution in [1.29, 1.82) is 0 Å². The molecule has 1 aromatic rings. The number of rotatable bonds is 10. The number of amides is 1. The van der Waals surface area contributed by atoms with Crippen molar-refractivity contribution in [2.45, 2.75) is 45.8 Å². The van der Waals surface area contributed by atoms with Crippen molar-refractivity contribution in [3.05, 3.63) is 29.3 Å². The molecule has 0 radical (unpaired) electrons. The zero-order valence-electron chi connectivity index (χ0n) is 17.0. The number of nitrogens with one attached hydrogen (secondary N) is 1. The molecular formula is C21H34N2O4. The number of ether oxygens (including phenoxy) is 2. The second-order valence-corrected chi connectivity index (χ2v) is 7.41. The van der Waals surface area contributed by atoms with Gasteiger partial charge in [0.1, 0.15) is 5.75 Å². The van der Waals surface area contributed by atoms with Gasteiger partial charge in [-0.3, -0.25) is 4.79 Å². The molecule has 1 aliphatic rings. The molecule has 0 spiro atoms. The van der Waals surface area contributed by atoms with Crippen LogP contribution in [0.2, 0.25) is 0 Å². The summed E-state index contributed by atoms with van der Waals surface area (Å²) in [5.74, 6) is 0.815. The fourth-order valence-electron chi connectivity index (χ4n) is 3.35. The van der Waals surface area contributed by atoms with Crippen LogP contribution in [0, 0.1) is 5.92 Å². The number of benzene rings is 1. The first kappa shape index (κ1) is 21.7. The third-order valence-electron chi connectivity index (χ3n) is 5.06. The Balaban J connectivity index is 2.14. The van der Waals surface area contributed by atoms with Crippen molar-refractivity contribution in [2.75, 3.05) is 40.0 Å². The van der Waals surface area contributed by atoms with Crippen LogP contribution < -0.4 is 10.1 Å². The first-order valence-corrected chi connectivity index (χ1v) is 9.92. The van der Waals surface area contributed by atoms with Gasteiger partial charge in [0.15, 0.2) is 0 Å². The van der Waals surface area contributed by atoms with Crippen LogP contribution in [0.25, 0.3) is 0 Å². The summed E-state index contributed by atoms with van der Waals surface area (Å²) in [5.41, 5.74) is 1.72. The summed E-state index contributed by atoms with van der Waals surface area (Å²) in [4.78, 5) is 15.0. The Kier molecular flexibility index (Phi) is 8.54. The average Bonchev–Trinajstić information content (AvgIpc) is 3.07. The standard InChI is InChI=1S/C21H34N2O4/c1-5-16-7-8-17(11-20(16)27-10-6-9-26-4)21(25)23(15(2)3)14-18-12-22-13-19(18)24/h7-8,11,15,18-19,22,24H,5-6,9-10,12-14H2,1-4H3. The predicted octanol–water partition coefficient (Wildman–Crippen LogP) is 2.10. The molecule has 6 nitrogen and oxygen atoms in total. The molecule has 1 aliphatic heterocycles. The monoisotopic (exact) mass is 378 g/mol. The minimum absolute atomic E-state index is 0.0199. The van der Waals surface area contributed by atoms with Crippen molar-refractivity contribution in [3.8, 4) is 5.75 Å². The number of β-amino-alcohol motifs (C(OH)–C–C–N with tert-alkyl or cyclic N) is 1. The SMILES string of the molecule is CCc1ccc(C(=O)N(CC2CNCC2O)C(C)C)cc1OCCCOC. The Morgan fingerprint density at radius 2 is 2.11 bits per heavy atom. The molecule has 6 heteroatoms. The summed E-state index contributed by atoms with van der Waals surface area (Å²) in [6, 6.07) is 5.76. The van der Waals surface area contributed by atoms with E-state index in [-0.39, 0.29) is 17.9 Å². The first-order valence-electron chi connectivity index (χ1n) is 9.92.